The van der Waals surface area contributed by atoms with Crippen LogP contribution in [0.3, 0.4) is 0 Å². The molecule has 0 radical (unpaired) electrons. The topological polar surface area (TPSA) is 58.8 Å². The number of nitrogens with zero attached hydrogens (tertiary/aromatic N) is 2. The number of halogens is 1. The Hall–Kier alpha value is -3.38. The van der Waals surface area contributed by atoms with Gasteiger partial charge in [-0.25, -0.2) is 9.18 Å². The Balaban J connectivity index is 1.21. The normalized spacial score (nSPS) is 20.3. The summed E-state index contributed by atoms with van der Waals surface area (Å²) in [6.45, 7) is 1.89. The van der Waals surface area contributed by atoms with Crippen LogP contribution in [-0.2, 0) is 11.2 Å². The van der Waals surface area contributed by atoms with Gasteiger partial charge in [0.1, 0.15) is 12.4 Å². The predicted octanol–water partition coefficient (Wildman–Crippen LogP) is 5.44. The van der Waals surface area contributed by atoms with Crippen LogP contribution in [0.25, 0.3) is 11.1 Å². The van der Waals surface area contributed by atoms with Crippen molar-refractivity contribution in [3.63, 3.8) is 0 Å². The fraction of sp³-hybridized carbons (Fsp3) is 0.367. The molecule has 2 aliphatic carbocycles. The zero-order valence-electron chi connectivity index (χ0n) is 20.6. The number of anilines is 1. The molecule has 1 amide bonds. The first-order valence-electron chi connectivity index (χ1n) is 12.8. The van der Waals surface area contributed by atoms with Crippen molar-refractivity contribution in [2.75, 3.05) is 32.5 Å². The number of ether oxygens (including phenoxy) is 1. The molecule has 3 aromatic rings. The van der Waals surface area contributed by atoms with E-state index in [0.29, 0.717) is 30.7 Å². The summed E-state index contributed by atoms with van der Waals surface area (Å²) in [6.07, 6.45) is 2.82. The summed E-state index contributed by atoms with van der Waals surface area (Å²) in [5.41, 5.74) is 11.7. The molecule has 0 unspecified atom stereocenters. The second-order valence-corrected chi connectivity index (χ2v) is 10.6. The number of likely N-dealkylation sites (N-methyl/N-ethyl adjacent to an activating group) is 1. The molecule has 3 aliphatic rings. The van der Waals surface area contributed by atoms with Crippen molar-refractivity contribution in [2.45, 2.75) is 43.2 Å². The summed E-state index contributed by atoms with van der Waals surface area (Å²) >= 11 is 0. The van der Waals surface area contributed by atoms with Gasteiger partial charge in [-0.05, 0) is 67.1 Å². The van der Waals surface area contributed by atoms with E-state index in [2.05, 4.69) is 48.3 Å². The van der Waals surface area contributed by atoms with Crippen LogP contribution in [0.4, 0.5) is 14.9 Å². The predicted molar refractivity (Wildman–Crippen MR) is 139 cm³/mol. The second-order valence-electron chi connectivity index (χ2n) is 10.6. The molecule has 3 aromatic carbocycles. The highest BCUT2D eigenvalue weighted by atomic mass is 19.1. The maximum atomic E-state index is 14.4. The Kier molecular flexibility index (Phi) is 5.72. The average molecular weight is 486 g/mol. The number of carbonyl (C=O) groups is 1. The van der Waals surface area contributed by atoms with Gasteiger partial charge in [0, 0.05) is 36.3 Å². The van der Waals surface area contributed by atoms with E-state index in [0.717, 1.165) is 25.9 Å². The fourth-order valence-corrected chi connectivity index (χ4v) is 6.39. The van der Waals surface area contributed by atoms with Gasteiger partial charge in [-0.3, -0.25) is 4.90 Å². The van der Waals surface area contributed by atoms with Crippen molar-refractivity contribution in [2.24, 2.45) is 0 Å². The lowest BCUT2D eigenvalue weighted by molar-refractivity contribution is 0.00743. The number of fused-ring (bicyclic) bond motifs is 3. The smallest absolute Gasteiger partial charge is 0.410 e. The van der Waals surface area contributed by atoms with Gasteiger partial charge >= 0.3 is 6.09 Å². The van der Waals surface area contributed by atoms with E-state index in [9.17, 15) is 9.18 Å². The van der Waals surface area contributed by atoms with E-state index in [1.54, 1.807) is 12.1 Å². The monoisotopic (exact) mass is 485 g/mol. The zero-order chi connectivity index (χ0) is 24.9. The van der Waals surface area contributed by atoms with E-state index in [1.807, 2.05) is 17.0 Å². The molecular formula is C30H32FN3O2. The van der Waals surface area contributed by atoms with Gasteiger partial charge in [-0.15, -0.1) is 0 Å². The summed E-state index contributed by atoms with van der Waals surface area (Å²) in [5, 5.41) is 0. The van der Waals surface area contributed by atoms with Gasteiger partial charge < -0.3 is 15.4 Å². The van der Waals surface area contributed by atoms with Crippen molar-refractivity contribution in [1.82, 2.24) is 9.80 Å². The quantitative estimate of drug-likeness (QED) is 0.489. The molecular weight excluding hydrogens is 453 g/mol. The highest BCUT2D eigenvalue weighted by Crippen LogP contribution is 2.48. The summed E-state index contributed by atoms with van der Waals surface area (Å²) in [7, 11) is 2.10. The standard InChI is InChI=1S/C30H32FN3O2/c1-33-17-20(13-14-25-27(31)11-6-12-28(25)32)34(30(19-33)15-16-30)29(35)36-18-26-23-9-4-2-7-21(23)22-8-3-5-10-24(22)26/h2-12,20,26H,13-19,32H2,1H3/t20-/m0/s1. The van der Waals surface area contributed by atoms with Crippen LogP contribution < -0.4 is 5.73 Å². The number of nitrogens with two attached hydrogens (primary N) is 1. The molecule has 6 rings (SSSR count). The molecule has 2 fully saturated rings. The maximum Gasteiger partial charge on any atom is 0.410 e. The first-order valence-corrected chi connectivity index (χ1v) is 12.8. The summed E-state index contributed by atoms with van der Waals surface area (Å²) < 4.78 is 20.5. The number of nitrogen functional groups attached to an aromatic ring is 1. The van der Waals surface area contributed by atoms with Gasteiger partial charge in [-0.1, -0.05) is 54.6 Å². The number of benzene rings is 3. The first kappa shape index (κ1) is 23.0. The largest absolute Gasteiger partial charge is 0.448 e. The van der Waals surface area contributed by atoms with Crippen LogP contribution in [0.2, 0.25) is 0 Å². The number of hydrogen-bond acceptors (Lipinski definition) is 4. The molecule has 0 bridgehead atoms. The molecule has 1 saturated heterocycles. The second kappa shape index (κ2) is 8.93. The number of carbonyl (C=O) groups excluding carboxylic acids is 1. The molecule has 36 heavy (non-hydrogen) atoms. The minimum Gasteiger partial charge on any atom is -0.448 e. The molecule has 0 aromatic heterocycles. The lowest BCUT2D eigenvalue weighted by Gasteiger charge is -2.46. The molecule has 1 aliphatic heterocycles. The lowest BCUT2D eigenvalue weighted by atomic mass is 9.97. The third-order valence-electron chi connectivity index (χ3n) is 8.21. The number of piperazine rings is 1. The Morgan fingerprint density at radius 2 is 1.69 bits per heavy atom. The summed E-state index contributed by atoms with van der Waals surface area (Å²) in [6, 6.07) is 21.5. The van der Waals surface area contributed by atoms with E-state index in [-0.39, 0.29) is 29.4 Å². The lowest BCUT2D eigenvalue weighted by Crippen LogP contribution is -2.61. The molecule has 2 N–H and O–H groups in total. The maximum absolute atomic E-state index is 14.4. The van der Waals surface area contributed by atoms with Crippen LogP contribution in [0, 0.1) is 5.82 Å². The van der Waals surface area contributed by atoms with Gasteiger partial charge in [-0.2, -0.15) is 0 Å². The number of rotatable bonds is 5. The van der Waals surface area contributed by atoms with Crippen LogP contribution in [0.1, 0.15) is 41.9 Å². The molecule has 1 heterocycles. The highest BCUT2D eigenvalue weighted by Gasteiger charge is 2.56. The average Bonchev–Trinajstić information content (AvgIpc) is 3.54. The molecule has 1 atom stereocenters. The molecule has 1 saturated carbocycles. The summed E-state index contributed by atoms with van der Waals surface area (Å²) in [5.74, 6) is -0.256. The highest BCUT2D eigenvalue weighted by molar-refractivity contribution is 5.79. The SMILES string of the molecule is CN1C[C@H](CCc2c(N)cccc2F)N(C(=O)OCC2c3ccccc3-c3ccccc32)C2(CC2)C1. The van der Waals surface area contributed by atoms with Crippen LogP contribution in [0.5, 0.6) is 0 Å². The minimum atomic E-state index is -0.284. The van der Waals surface area contributed by atoms with Crippen LogP contribution >= 0.6 is 0 Å². The molecule has 1 spiro atoms. The van der Waals surface area contributed by atoms with Gasteiger partial charge in [0.05, 0.1) is 5.54 Å². The number of hydrogen-bond donors (Lipinski definition) is 1. The van der Waals surface area contributed by atoms with Crippen molar-refractivity contribution in [3.8, 4) is 11.1 Å². The van der Waals surface area contributed by atoms with Crippen LogP contribution in [0.15, 0.2) is 66.7 Å². The van der Waals surface area contributed by atoms with Crippen molar-refractivity contribution >= 4 is 11.8 Å². The van der Waals surface area contributed by atoms with E-state index < -0.39 is 0 Å². The van der Waals surface area contributed by atoms with Crippen molar-refractivity contribution in [1.29, 1.82) is 0 Å². The first-order chi connectivity index (χ1) is 17.5. The Morgan fingerprint density at radius 1 is 1.03 bits per heavy atom. The fourth-order valence-electron chi connectivity index (χ4n) is 6.39. The third kappa shape index (κ3) is 3.94. The third-order valence-corrected chi connectivity index (χ3v) is 8.21. The summed E-state index contributed by atoms with van der Waals surface area (Å²) in [4.78, 5) is 18.0. The van der Waals surface area contributed by atoms with E-state index in [1.165, 1.54) is 28.3 Å². The Morgan fingerprint density at radius 3 is 2.33 bits per heavy atom. The Bertz CT molecular complexity index is 1240. The Labute approximate surface area is 211 Å². The van der Waals surface area contributed by atoms with Gasteiger partial charge in [0.2, 0.25) is 0 Å². The minimum absolute atomic E-state index is 0.0284. The molecule has 6 heteroatoms. The molecule has 186 valence electrons. The van der Waals surface area contributed by atoms with Crippen molar-refractivity contribution < 1.29 is 13.9 Å². The van der Waals surface area contributed by atoms with E-state index in [4.69, 9.17) is 10.5 Å². The molecule has 5 nitrogen and oxygen atoms in total. The van der Waals surface area contributed by atoms with E-state index >= 15 is 0 Å². The number of amides is 1. The van der Waals surface area contributed by atoms with Gasteiger partial charge in [0.15, 0.2) is 0 Å². The zero-order valence-corrected chi connectivity index (χ0v) is 20.6. The van der Waals surface area contributed by atoms with Crippen molar-refractivity contribution in [3.05, 3.63) is 89.2 Å². The van der Waals surface area contributed by atoms with Crippen LogP contribution in [-0.4, -0.2) is 54.2 Å². The van der Waals surface area contributed by atoms with Gasteiger partial charge in [0.25, 0.3) is 0 Å².